The summed E-state index contributed by atoms with van der Waals surface area (Å²) in [7, 11) is -3.26. The topological polar surface area (TPSA) is 70.8 Å². The Labute approximate surface area is 131 Å². The summed E-state index contributed by atoms with van der Waals surface area (Å²) in [6, 6.07) is 3.34. The standard InChI is InChI=1S/C15H22N2O4S/c1-22(19,20)17-10-3-2-7-15(17)8-5-9-16(12-15)14(18)13-6-4-11-21-13/h4,6,11H,2-3,5,7-10,12H2,1H3. The molecule has 2 aliphatic rings. The number of amides is 1. The normalized spacial score (nSPS) is 27.2. The van der Waals surface area contributed by atoms with Crippen LogP contribution in [-0.2, 0) is 10.0 Å². The van der Waals surface area contributed by atoms with Crippen molar-refractivity contribution in [3.05, 3.63) is 24.2 Å². The van der Waals surface area contributed by atoms with Gasteiger partial charge in [0.05, 0.1) is 18.1 Å². The van der Waals surface area contributed by atoms with Crippen molar-refractivity contribution in [3.8, 4) is 0 Å². The van der Waals surface area contributed by atoms with Gasteiger partial charge >= 0.3 is 0 Å². The molecule has 1 unspecified atom stereocenters. The Kier molecular flexibility index (Phi) is 4.03. The molecule has 1 spiro atoms. The summed E-state index contributed by atoms with van der Waals surface area (Å²) in [6.45, 7) is 1.67. The van der Waals surface area contributed by atoms with E-state index in [1.807, 2.05) is 0 Å². The first-order valence-corrected chi connectivity index (χ1v) is 9.58. The van der Waals surface area contributed by atoms with Gasteiger partial charge in [-0.25, -0.2) is 8.42 Å². The number of sulfonamides is 1. The van der Waals surface area contributed by atoms with Crippen LogP contribution in [-0.4, -0.2) is 55.0 Å². The molecule has 0 N–H and O–H groups in total. The average Bonchev–Trinajstić information content (AvgIpc) is 3.00. The second-order valence-corrected chi connectivity index (χ2v) is 8.23. The molecule has 3 rings (SSSR count). The minimum Gasteiger partial charge on any atom is -0.459 e. The maximum Gasteiger partial charge on any atom is 0.289 e. The van der Waals surface area contributed by atoms with Crippen LogP contribution >= 0.6 is 0 Å². The molecule has 1 aromatic heterocycles. The molecule has 1 amide bonds. The van der Waals surface area contributed by atoms with Crippen LogP contribution in [0.25, 0.3) is 0 Å². The van der Waals surface area contributed by atoms with Crippen LogP contribution in [0.3, 0.4) is 0 Å². The van der Waals surface area contributed by atoms with Crippen LogP contribution in [0.1, 0.15) is 42.7 Å². The van der Waals surface area contributed by atoms with Gasteiger partial charge in [0.15, 0.2) is 5.76 Å². The van der Waals surface area contributed by atoms with E-state index in [0.717, 1.165) is 32.1 Å². The Morgan fingerprint density at radius 2 is 2.00 bits per heavy atom. The van der Waals surface area contributed by atoms with Gasteiger partial charge in [-0.15, -0.1) is 0 Å². The van der Waals surface area contributed by atoms with Crippen molar-refractivity contribution in [2.24, 2.45) is 0 Å². The van der Waals surface area contributed by atoms with E-state index >= 15 is 0 Å². The lowest BCUT2D eigenvalue weighted by Crippen LogP contribution is -2.62. The number of hydrogen-bond donors (Lipinski definition) is 0. The number of piperidine rings is 2. The van der Waals surface area contributed by atoms with E-state index in [-0.39, 0.29) is 5.91 Å². The van der Waals surface area contributed by atoms with Crippen molar-refractivity contribution < 1.29 is 17.6 Å². The lowest BCUT2D eigenvalue weighted by Gasteiger charge is -2.50. The van der Waals surface area contributed by atoms with E-state index in [1.54, 1.807) is 21.3 Å². The van der Waals surface area contributed by atoms with Crippen molar-refractivity contribution >= 4 is 15.9 Å². The van der Waals surface area contributed by atoms with E-state index in [0.29, 0.717) is 25.4 Å². The molecule has 0 saturated carbocycles. The molecule has 22 heavy (non-hydrogen) atoms. The molecule has 3 heterocycles. The lowest BCUT2D eigenvalue weighted by atomic mass is 9.81. The Morgan fingerprint density at radius 3 is 2.68 bits per heavy atom. The quantitative estimate of drug-likeness (QED) is 0.829. The van der Waals surface area contributed by atoms with Gasteiger partial charge in [0.1, 0.15) is 0 Å². The van der Waals surface area contributed by atoms with Crippen LogP contribution in [0.4, 0.5) is 0 Å². The van der Waals surface area contributed by atoms with E-state index < -0.39 is 15.6 Å². The Balaban J connectivity index is 1.86. The highest BCUT2D eigenvalue weighted by atomic mass is 32.2. The second-order valence-electron chi connectivity index (χ2n) is 6.32. The highest BCUT2D eigenvalue weighted by molar-refractivity contribution is 7.88. The monoisotopic (exact) mass is 326 g/mol. The number of carbonyl (C=O) groups is 1. The first-order chi connectivity index (χ1) is 10.4. The van der Waals surface area contributed by atoms with Crippen LogP contribution in [0.2, 0.25) is 0 Å². The van der Waals surface area contributed by atoms with Gasteiger partial charge in [-0.05, 0) is 37.8 Å². The fourth-order valence-electron chi connectivity index (χ4n) is 3.84. The molecule has 1 atom stereocenters. The number of hydrogen-bond acceptors (Lipinski definition) is 4. The smallest absolute Gasteiger partial charge is 0.289 e. The lowest BCUT2D eigenvalue weighted by molar-refractivity contribution is 0.0280. The summed E-state index contributed by atoms with van der Waals surface area (Å²) in [6.07, 6.45) is 7.11. The van der Waals surface area contributed by atoms with E-state index in [9.17, 15) is 13.2 Å². The Morgan fingerprint density at radius 1 is 1.23 bits per heavy atom. The Hall–Kier alpha value is -1.34. The molecule has 2 fully saturated rings. The fraction of sp³-hybridized carbons (Fsp3) is 0.667. The first kappa shape index (κ1) is 15.6. The minimum atomic E-state index is -3.26. The summed E-state index contributed by atoms with van der Waals surface area (Å²) in [5.74, 6) is 0.168. The third kappa shape index (κ3) is 2.79. The molecule has 0 radical (unpaired) electrons. The molecule has 0 aromatic carbocycles. The third-order valence-corrected chi connectivity index (χ3v) is 6.13. The molecule has 0 aliphatic carbocycles. The summed E-state index contributed by atoms with van der Waals surface area (Å²) in [4.78, 5) is 14.2. The number of rotatable bonds is 2. The van der Waals surface area contributed by atoms with Crippen molar-refractivity contribution in [2.75, 3.05) is 25.9 Å². The SMILES string of the molecule is CS(=O)(=O)N1CCCCC12CCCN(C(=O)c1ccco1)C2. The molecule has 0 bridgehead atoms. The number of carbonyl (C=O) groups excluding carboxylic acids is 1. The van der Waals surface area contributed by atoms with Gasteiger partial charge in [-0.3, -0.25) is 4.79 Å². The van der Waals surface area contributed by atoms with E-state index in [4.69, 9.17) is 4.42 Å². The van der Waals surface area contributed by atoms with Gasteiger partial charge in [-0.2, -0.15) is 4.31 Å². The summed E-state index contributed by atoms with van der Waals surface area (Å²) >= 11 is 0. The average molecular weight is 326 g/mol. The van der Waals surface area contributed by atoms with Crippen LogP contribution in [0.5, 0.6) is 0 Å². The van der Waals surface area contributed by atoms with Gasteiger partial charge < -0.3 is 9.32 Å². The van der Waals surface area contributed by atoms with Crippen LogP contribution in [0, 0.1) is 0 Å². The van der Waals surface area contributed by atoms with Crippen molar-refractivity contribution in [2.45, 2.75) is 37.6 Å². The minimum absolute atomic E-state index is 0.150. The summed E-state index contributed by atoms with van der Waals surface area (Å²) in [5, 5.41) is 0. The zero-order valence-electron chi connectivity index (χ0n) is 12.8. The highest BCUT2D eigenvalue weighted by Crippen LogP contribution is 2.38. The third-order valence-electron chi connectivity index (χ3n) is 4.76. The molecule has 7 heteroatoms. The summed E-state index contributed by atoms with van der Waals surface area (Å²) in [5.41, 5.74) is -0.438. The van der Waals surface area contributed by atoms with Crippen LogP contribution < -0.4 is 0 Å². The largest absolute Gasteiger partial charge is 0.459 e. The van der Waals surface area contributed by atoms with Crippen LogP contribution in [0.15, 0.2) is 22.8 Å². The number of furan rings is 1. The second kappa shape index (κ2) is 5.70. The molecular formula is C15H22N2O4S. The number of likely N-dealkylation sites (tertiary alicyclic amines) is 1. The van der Waals surface area contributed by atoms with Gasteiger partial charge in [0, 0.05) is 19.6 Å². The fourth-order valence-corrected chi connectivity index (χ4v) is 5.24. The summed E-state index contributed by atoms with van der Waals surface area (Å²) < 4.78 is 31.2. The predicted molar refractivity (Wildman–Crippen MR) is 82.0 cm³/mol. The molecule has 122 valence electrons. The number of nitrogens with zero attached hydrogens (tertiary/aromatic N) is 2. The first-order valence-electron chi connectivity index (χ1n) is 7.73. The highest BCUT2D eigenvalue weighted by Gasteiger charge is 2.47. The molecule has 2 saturated heterocycles. The molecule has 2 aliphatic heterocycles. The van der Waals surface area contributed by atoms with Gasteiger partial charge in [0.2, 0.25) is 10.0 Å². The van der Waals surface area contributed by atoms with E-state index in [2.05, 4.69) is 0 Å². The zero-order valence-corrected chi connectivity index (χ0v) is 13.6. The van der Waals surface area contributed by atoms with Crippen molar-refractivity contribution in [1.29, 1.82) is 0 Å². The van der Waals surface area contributed by atoms with Crippen molar-refractivity contribution in [1.82, 2.24) is 9.21 Å². The predicted octanol–water partition coefficient (Wildman–Crippen LogP) is 1.70. The maximum absolute atomic E-state index is 12.5. The van der Waals surface area contributed by atoms with Crippen molar-refractivity contribution in [3.63, 3.8) is 0 Å². The van der Waals surface area contributed by atoms with E-state index in [1.165, 1.54) is 12.5 Å². The molecule has 1 aromatic rings. The zero-order chi connectivity index (χ0) is 15.8. The maximum atomic E-state index is 12.5. The molecular weight excluding hydrogens is 304 g/mol. The van der Waals surface area contributed by atoms with Gasteiger partial charge in [0.25, 0.3) is 5.91 Å². The molecule has 6 nitrogen and oxygen atoms in total. The Bertz CT molecular complexity index is 637. The van der Waals surface area contributed by atoms with Gasteiger partial charge in [-0.1, -0.05) is 6.42 Å².